The molecule has 2 aliphatic rings. The highest BCUT2D eigenvalue weighted by molar-refractivity contribution is 6.30. The fourth-order valence-corrected chi connectivity index (χ4v) is 3.59. The van der Waals surface area contributed by atoms with Crippen molar-refractivity contribution >= 4 is 17.5 Å². The zero-order chi connectivity index (χ0) is 13.3. The van der Waals surface area contributed by atoms with Gasteiger partial charge in [0.25, 0.3) is 5.91 Å². The molecule has 19 heavy (non-hydrogen) atoms. The minimum absolute atomic E-state index is 0.0801. The zero-order valence-electron chi connectivity index (χ0n) is 11.0. The maximum absolute atomic E-state index is 12.5. The van der Waals surface area contributed by atoms with Crippen molar-refractivity contribution in [1.82, 2.24) is 15.2 Å². The molecule has 0 saturated carbocycles. The van der Waals surface area contributed by atoms with Gasteiger partial charge in [-0.05, 0) is 38.3 Å². The Bertz CT molecular complexity index is 460. The van der Waals surface area contributed by atoms with Crippen LogP contribution in [0.25, 0.3) is 0 Å². The maximum Gasteiger partial charge on any atom is 0.270 e. The van der Waals surface area contributed by atoms with Crippen molar-refractivity contribution in [3.63, 3.8) is 0 Å². The van der Waals surface area contributed by atoms with Crippen molar-refractivity contribution in [3.05, 3.63) is 23.0 Å². The predicted octanol–water partition coefficient (Wildman–Crippen LogP) is 2.27. The van der Waals surface area contributed by atoms with E-state index in [0.717, 1.165) is 32.6 Å². The van der Waals surface area contributed by atoms with Crippen molar-refractivity contribution in [2.24, 2.45) is 5.41 Å². The summed E-state index contributed by atoms with van der Waals surface area (Å²) in [5, 5.41) is 4.07. The van der Waals surface area contributed by atoms with Crippen LogP contribution in [0.4, 0.5) is 0 Å². The molecule has 2 saturated heterocycles. The fourth-order valence-electron chi connectivity index (χ4n) is 3.42. The molecule has 1 atom stereocenters. The van der Waals surface area contributed by atoms with Crippen LogP contribution in [0.1, 0.15) is 36.2 Å². The van der Waals surface area contributed by atoms with E-state index in [1.54, 1.807) is 12.3 Å². The zero-order valence-corrected chi connectivity index (χ0v) is 11.8. The fraction of sp³-hybridized carbons (Fsp3) is 0.643. The first-order valence-corrected chi connectivity index (χ1v) is 7.40. The van der Waals surface area contributed by atoms with Crippen molar-refractivity contribution in [3.8, 4) is 0 Å². The van der Waals surface area contributed by atoms with E-state index in [-0.39, 0.29) is 5.91 Å². The molecule has 0 aromatic carbocycles. The molecule has 2 N–H and O–H groups in total. The number of carbonyl (C=O) groups is 1. The summed E-state index contributed by atoms with van der Waals surface area (Å²) in [6.45, 7) is 3.89. The molecule has 2 aliphatic heterocycles. The van der Waals surface area contributed by atoms with E-state index in [0.29, 0.717) is 16.1 Å². The van der Waals surface area contributed by atoms with Crippen LogP contribution in [0, 0.1) is 5.41 Å². The number of likely N-dealkylation sites (tertiary alicyclic amines) is 1. The molecule has 1 unspecified atom stereocenters. The van der Waals surface area contributed by atoms with E-state index in [2.05, 4.69) is 10.3 Å². The number of amides is 1. The molecule has 5 heteroatoms. The summed E-state index contributed by atoms with van der Waals surface area (Å²) in [5.74, 6) is 0.0801. The van der Waals surface area contributed by atoms with E-state index >= 15 is 0 Å². The molecule has 3 heterocycles. The minimum Gasteiger partial charge on any atom is -0.356 e. The topological polar surface area (TPSA) is 48.1 Å². The van der Waals surface area contributed by atoms with Crippen LogP contribution in [0.3, 0.4) is 0 Å². The van der Waals surface area contributed by atoms with Crippen LogP contribution in [0.5, 0.6) is 0 Å². The lowest BCUT2D eigenvalue weighted by atomic mass is 9.74. The van der Waals surface area contributed by atoms with Crippen LogP contribution >= 0.6 is 11.6 Å². The van der Waals surface area contributed by atoms with Gasteiger partial charge in [0.05, 0.1) is 5.02 Å². The van der Waals surface area contributed by atoms with Gasteiger partial charge in [0, 0.05) is 31.2 Å². The third-order valence-electron chi connectivity index (χ3n) is 4.39. The number of hydrogen-bond acceptors (Lipinski definition) is 2. The molecule has 1 aromatic heterocycles. The largest absolute Gasteiger partial charge is 0.356 e. The number of hydrogen-bond donors (Lipinski definition) is 2. The third-order valence-corrected chi connectivity index (χ3v) is 4.61. The molecule has 0 radical (unpaired) electrons. The van der Waals surface area contributed by atoms with Gasteiger partial charge in [0.1, 0.15) is 5.69 Å². The Hall–Kier alpha value is -1.00. The van der Waals surface area contributed by atoms with Crippen LogP contribution in [0.2, 0.25) is 5.02 Å². The second kappa shape index (κ2) is 5.17. The van der Waals surface area contributed by atoms with Crippen LogP contribution in [-0.4, -0.2) is 42.0 Å². The summed E-state index contributed by atoms with van der Waals surface area (Å²) in [5.41, 5.74) is 0.897. The standard InChI is InChI=1S/C14H20ClN3O/c15-11-7-12(17-8-11)13(19)18-6-2-4-14(10-18)3-1-5-16-9-14/h7-8,16-17H,1-6,9-10H2. The molecule has 3 rings (SSSR count). The van der Waals surface area contributed by atoms with Gasteiger partial charge in [-0.1, -0.05) is 11.6 Å². The molecule has 2 fully saturated rings. The third kappa shape index (κ3) is 2.65. The summed E-state index contributed by atoms with van der Waals surface area (Å²) < 4.78 is 0. The predicted molar refractivity (Wildman–Crippen MR) is 75.5 cm³/mol. The number of H-pyrrole nitrogens is 1. The van der Waals surface area contributed by atoms with Gasteiger partial charge >= 0.3 is 0 Å². The number of carbonyl (C=O) groups excluding carboxylic acids is 1. The Labute approximate surface area is 118 Å². The number of aromatic amines is 1. The minimum atomic E-state index is 0.0801. The van der Waals surface area contributed by atoms with Crippen LogP contribution in [-0.2, 0) is 0 Å². The summed E-state index contributed by atoms with van der Waals surface area (Å²) in [4.78, 5) is 17.4. The number of halogens is 1. The highest BCUT2D eigenvalue weighted by Crippen LogP contribution is 2.36. The number of nitrogens with zero attached hydrogens (tertiary/aromatic N) is 1. The molecule has 1 amide bonds. The second-order valence-corrected chi connectivity index (χ2v) is 6.28. The first kappa shape index (κ1) is 13.0. The van der Waals surface area contributed by atoms with Crippen molar-refractivity contribution in [2.75, 3.05) is 26.2 Å². The van der Waals surface area contributed by atoms with E-state index < -0.39 is 0 Å². The van der Waals surface area contributed by atoms with Crippen molar-refractivity contribution < 1.29 is 4.79 Å². The van der Waals surface area contributed by atoms with Crippen molar-refractivity contribution in [2.45, 2.75) is 25.7 Å². The molecule has 1 aromatic rings. The lowest BCUT2D eigenvalue weighted by molar-refractivity contribution is 0.0429. The number of piperidine rings is 2. The molecule has 4 nitrogen and oxygen atoms in total. The normalized spacial score (nSPS) is 27.7. The smallest absolute Gasteiger partial charge is 0.270 e. The lowest BCUT2D eigenvalue weighted by Crippen LogP contribution is -2.52. The van der Waals surface area contributed by atoms with Gasteiger partial charge in [0.2, 0.25) is 0 Å². The second-order valence-electron chi connectivity index (χ2n) is 5.84. The van der Waals surface area contributed by atoms with Gasteiger partial charge in [-0.15, -0.1) is 0 Å². The molecule has 0 bridgehead atoms. The van der Waals surface area contributed by atoms with E-state index in [1.165, 1.54) is 19.3 Å². The van der Waals surface area contributed by atoms with E-state index in [4.69, 9.17) is 11.6 Å². The summed E-state index contributed by atoms with van der Waals surface area (Å²) in [6, 6.07) is 1.71. The van der Waals surface area contributed by atoms with Crippen molar-refractivity contribution in [1.29, 1.82) is 0 Å². The van der Waals surface area contributed by atoms with E-state index in [9.17, 15) is 4.79 Å². The Morgan fingerprint density at radius 2 is 2.21 bits per heavy atom. The summed E-state index contributed by atoms with van der Waals surface area (Å²) >= 11 is 5.87. The Morgan fingerprint density at radius 3 is 2.89 bits per heavy atom. The first-order chi connectivity index (χ1) is 9.19. The number of aromatic nitrogens is 1. The SMILES string of the molecule is O=C(c1cc(Cl)c[nH]1)N1CCCC2(CCCNC2)C1. The first-order valence-electron chi connectivity index (χ1n) is 7.03. The molecular formula is C14H20ClN3O. The Kier molecular flexibility index (Phi) is 3.54. The Morgan fingerprint density at radius 1 is 1.37 bits per heavy atom. The van der Waals surface area contributed by atoms with Gasteiger partial charge in [0.15, 0.2) is 0 Å². The monoisotopic (exact) mass is 281 g/mol. The molecule has 0 aliphatic carbocycles. The molecule has 104 valence electrons. The highest BCUT2D eigenvalue weighted by atomic mass is 35.5. The average molecular weight is 282 g/mol. The summed E-state index contributed by atoms with van der Waals surface area (Å²) in [6.07, 6.45) is 6.44. The van der Waals surface area contributed by atoms with Crippen LogP contribution in [0.15, 0.2) is 12.3 Å². The van der Waals surface area contributed by atoms with E-state index in [1.807, 2.05) is 4.90 Å². The molecule has 1 spiro atoms. The average Bonchev–Trinajstić information content (AvgIpc) is 2.85. The maximum atomic E-state index is 12.5. The number of rotatable bonds is 1. The number of nitrogens with one attached hydrogen (secondary N) is 2. The van der Waals surface area contributed by atoms with Gasteiger partial charge in [-0.3, -0.25) is 4.79 Å². The highest BCUT2D eigenvalue weighted by Gasteiger charge is 2.38. The summed E-state index contributed by atoms with van der Waals surface area (Å²) in [7, 11) is 0. The lowest BCUT2D eigenvalue weighted by Gasteiger charge is -2.45. The van der Waals surface area contributed by atoms with Crippen LogP contribution < -0.4 is 5.32 Å². The van der Waals surface area contributed by atoms with Gasteiger partial charge in [-0.2, -0.15) is 0 Å². The Balaban J connectivity index is 1.72. The quantitative estimate of drug-likeness (QED) is 0.830. The molecular weight excluding hydrogens is 262 g/mol. The van der Waals surface area contributed by atoms with Gasteiger partial charge in [-0.25, -0.2) is 0 Å². The van der Waals surface area contributed by atoms with Gasteiger partial charge < -0.3 is 15.2 Å².